The van der Waals surface area contributed by atoms with Crippen LogP contribution < -0.4 is 0 Å². The molecule has 0 aliphatic carbocycles. The number of aryl methyl sites for hydroxylation is 1. The summed E-state index contributed by atoms with van der Waals surface area (Å²) in [5, 5.41) is 12.8. The topological polar surface area (TPSA) is 82.1 Å². The summed E-state index contributed by atoms with van der Waals surface area (Å²) in [6, 6.07) is 13.9. The second kappa shape index (κ2) is 7.73. The van der Waals surface area contributed by atoms with Crippen LogP contribution in [0, 0.1) is 6.92 Å². The third-order valence-corrected chi connectivity index (χ3v) is 5.31. The molecule has 0 bridgehead atoms. The van der Waals surface area contributed by atoms with Crippen molar-refractivity contribution in [3.8, 4) is 22.8 Å². The molecule has 148 valence electrons. The first-order valence-corrected chi connectivity index (χ1v) is 9.81. The average molecular weight is 390 g/mol. The van der Waals surface area contributed by atoms with E-state index in [-0.39, 0.29) is 0 Å². The van der Waals surface area contributed by atoms with Gasteiger partial charge in [-0.05, 0) is 36.8 Å². The number of fused-ring (bicyclic) bond motifs is 1. The molecule has 0 amide bonds. The first kappa shape index (κ1) is 18.0. The lowest BCUT2D eigenvalue weighted by molar-refractivity contribution is 0.0360. The van der Waals surface area contributed by atoms with Gasteiger partial charge in [-0.1, -0.05) is 28.6 Å². The largest absolute Gasteiger partial charge is 0.379 e. The zero-order chi connectivity index (χ0) is 19.6. The highest BCUT2D eigenvalue weighted by molar-refractivity contribution is 5.80. The summed E-state index contributed by atoms with van der Waals surface area (Å²) in [4.78, 5) is 6.96. The Hall–Kier alpha value is -3.10. The monoisotopic (exact) mass is 390 g/mol. The summed E-state index contributed by atoms with van der Waals surface area (Å²) in [5.41, 5.74) is 4.74. The Labute approximate surface area is 168 Å². The highest BCUT2D eigenvalue weighted by Gasteiger charge is 2.15. The Morgan fingerprint density at radius 2 is 1.90 bits per heavy atom. The molecule has 0 radical (unpaired) electrons. The fourth-order valence-electron chi connectivity index (χ4n) is 3.60. The molecule has 0 atom stereocenters. The van der Waals surface area contributed by atoms with E-state index in [1.165, 1.54) is 0 Å². The van der Waals surface area contributed by atoms with E-state index in [2.05, 4.69) is 25.4 Å². The molecule has 0 spiro atoms. The number of hydrogen-bond donors (Lipinski definition) is 0. The third-order valence-electron chi connectivity index (χ3n) is 5.31. The summed E-state index contributed by atoms with van der Waals surface area (Å²) in [6.45, 7) is 7.31. The van der Waals surface area contributed by atoms with Gasteiger partial charge >= 0.3 is 0 Å². The number of nitrogens with zero attached hydrogens (tertiary/aromatic N) is 6. The number of hydrogen-bond acceptors (Lipinski definition) is 7. The maximum atomic E-state index is 5.49. The van der Waals surface area contributed by atoms with E-state index in [9.17, 15) is 0 Å². The first-order valence-electron chi connectivity index (χ1n) is 9.81. The number of aromatic nitrogens is 5. The summed E-state index contributed by atoms with van der Waals surface area (Å²) in [5.74, 6) is 1.07. The van der Waals surface area contributed by atoms with Crippen LogP contribution in [0.3, 0.4) is 0 Å². The smallest absolute Gasteiger partial charge is 0.258 e. The molecular weight excluding hydrogens is 368 g/mol. The van der Waals surface area contributed by atoms with Gasteiger partial charge in [0.1, 0.15) is 5.52 Å². The summed E-state index contributed by atoms with van der Waals surface area (Å²) < 4.78 is 12.8. The van der Waals surface area contributed by atoms with Gasteiger partial charge in [0.15, 0.2) is 0 Å². The van der Waals surface area contributed by atoms with Crippen LogP contribution in [0.4, 0.5) is 0 Å². The van der Waals surface area contributed by atoms with Crippen molar-refractivity contribution < 1.29 is 9.26 Å². The lowest BCUT2D eigenvalue weighted by atomic mass is 10.1. The van der Waals surface area contributed by atoms with E-state index >= 15 is 0 Å². The standard InChI is InChI=1S/C21H22N6O2/c1-15-4-2-3-5-17(15)21-22-20(24-29-21)16-6-7-19-18(14-16)23-25-27(19)9-8-26-10-12-28-13-11-26/h2-7,14H,8-13H2,1H3. The quantitative estimate of drug-likeness (QED) is 0.518. The Bertz CT molecular complexity index is 1130. The van der Waals surface area contributed by atoms with Gasteiger partial charge in [0.25, 0.3) is 5.89 Å². The van der Waals surface area contributed by atoms with Gasteiger partial charge in [0.2, 0.25) is 5.82 Å². The highest BCUT2D eigenvalue weighted by Crippen LogP contribution is 2.26. The van der Waals surface area contributed by atoms with Crippen molar-refractivity contribution in [2.24, 2.45) is 0 Å². The molecule has 2 aromatic heterocycles. The fourth-order valence-corrected chi connectivity index (χ4v) is 3.60. The lowest BCUT2D eigenvalue weighted by Crippen LogP contribution is -2.38. The van der Waals surface area contributed by atoms with Crippen LogP contribution in [0.2, 0.25) is 0 Å². The van der Waals surface area contributed by atoms with Crippen LogP contribution in [-0.4, -0.2) is 62.9 Å². The molecule has 8 nitrogen and oxygen atoms in total. The highest BCUT2D eigenvalue weighted by atomic mass is 16.5. The molecule has 0 saturated carbocycles. The zero-order valence-corrected chi connectivity index (χ0v) is 16.3. The minimum absolute atomic E-state index is 0.521. The minimum atomic E-state index is 0.521. The maximum absolute atomic E-state index is 5.49. The Balaban J connectivity index is 1.36. The molecule has 8 heteroatoms. The van der Waals surface area contributed by atoms with Crippen LogP contribution in [0.1, 0.15) is 5.56 Å². The van der Waals surface area contributed by atoms with Gasteiger partial charge < -0.3 is 9.26 Å². The Morgan fingerprint density at radius 3 is 2.76 bits per heavy atom. The van der Waals surface area contributed by atoms with Gasteiger partial charge in [-0.3, -0.25) is 4.90 Å². The van der Waals surface area contributed by atoms with Crippen LogP contribution in [0.25, 0.3) is 33.9 Å². The Morgan fingerprint density at radius 1 is 1.03 bits per heavy atom. The lowest BCUT2D eigenvalue weighted by Gasteiger charge is -2.26. The van der Waals surface area contributed by atoms with E-state index in [4.69, 9.17) is 9.26 Å². The second-order valence-corrected chi connectivity index (χ2v) is 7.21. The molecule has 1 fully saturated rings. The molecule has 3 heterocycles. The van der Waals surface area contributed by atoms with Crippen LogP contribution in [0.15, 0.2) is 47.0 Å². The predicted molar refractivity (Wildman–Crippen MR) is 108 cm³/mol. The van der Waals surface area contributed by atoms with Crippen molar-refractivity contribution in [1.82, 2.24) is 30.0 Å². The molecule has 5 rings (SSSR count). The van der Waals surface area contributed by atoms with Crippen molar-refractivity contribution in [3.63, 3.8) is 0 Å². The van der Waals surface area contributed by atoms with Crippen molar-refractivity contribution in [3.05, 3.63) is 48.0 Å². The second-order valence-electron chi connectivity index (χ2n) is 7.21. The van der Waals surface area contributed by atoms with Gasteiger partial charge in [0, 0.05) is 30.8 Å². The maximum Gasteiger partial charge on any atom is 0.258 e. The first-order chi connectivity index (χ1) is 14.3. The van der Waals surface area contributed by atoms with Crippen LogP contribution >= 0.6 is 0 Å². The minimum Gasteiger partial charge on any atom is -0.379 e. The SMILES string of the molecule is Cc1ccccc1-c1nc(-c2ccc3c(c2)nnn3CCN2CCOCC2)no1. The third kappa shape index (κ3) is 3.64. The van der Waals surface area contributed by atoms with Gasteiger partial charge in [-0.15, -0.1) is 5.10 Å². The zero-order valence-electron chi connectivity index (χ0n) is 16.3. The number of rotatable bonds is 5. The molecular formula is C21H22N6O2. The van der Waals surface area contributed by atoms with E-state index in [1.807, 2.05) is 54.1 Å². The number of ether oxygens (including phenoxy) is 1. The summed E-state index contributed by atoms with van der Waals surface area (Å²) in [6.07, 6.45) is 0. The van der Waals surface area contributed by atoms with E-state index in [0.29, 0.717) is 11.7 Å². The number of benzene rings is 2. The summed E-state index contributed by atoms with van der Waals surface area (Å²) in [7, 11) is 0. The molecule has 2 aromatic carbocycles. The molecule has 0 N–H and O–H groups in total. The predicted octanol–water partition coefficient (Wildman–Crippen LogP) is 2.79. The van der Waals surface area contributed by atoms with Crippen molar-refractivity contribution in [1.29, 1.82) is 0 Å². The average Bonchev–Trinajstić information content (AvgIpc) is 3.40. The van der Waals surface area contributed by atoms with Crippen molar-refractivity contribution in [2.75, 3.05) is 32.8 Å². The van der Waals surface area contributed by atoms with E-state index < -0.39 is 0 Å². The molecule has 1 saturated heterocycles. The van der Waals surface area contributed by atoms with Crippen molar-refractivity contribution in [2.45, 2.75) is 13.5 Å². The van der Waals surface area contributed by atoms with Crippen molar-refractivity contribution >= 4 is 11.0 Å². The van der Waals surface area contributed by atoms with Gasteiger partial charge in [-0.25, -0.2) is 4.68 Å². The van der Waals surface area contributed by atoms with Gasteiger partial charge in [-0.2, -0.15) is 4.98 Å². The van der Waals surface area contributed by atoms with E-state index in [0.717, 1.165) is 67.1 Å². The molecule has 1 aliphatic rings. The molecule has 1 aliphatic heterocycles. The number of morpholine rings is 1. The molecule has 4 aromatic rings. The Kier molecular flexibility index (Phi) is 4.79. The summed E-state index contributed by atoms with van der Waals surface area (Å²) >= 11 is 0. The van der Waals surface area contributed by atoms with Crippen LogP contribution in [-0.2, 0) is 11.3 Å². The fraction of sp³-hybridized carbons (Fsp3) is 0.333. The normalized spacial score (nSPS) is 15.2. The molecule has 29 heavy (non-hydrogen) atoms. The molecule has 0 unspecified atom stereocenters. The van der Waals surface area contributed by atoms with Crippen LogP contribution in [0.5, 0.6) is 0 Å². The van der Waals surface area contributed by atoms with Gasteiger partial charge in [0.05, 0.1) is 25.3 Å². The van der Waals surface area contributed by atoms with E-state index in [1.54, 1.807) is 0 Å².